The Labute approximate surface area is 126 Å². The SMILES string of the molecule is CC(C)CC[C@H](O)[C@H](N)c1c(F)ccc(Br)c1F.Cl. The van der Waals surface area contributed by atoms with Crippen LogP contribution in [-0.2, 0) is 0 Å². The van der Waals surface area contributed by atoms with Gasteiger partial charge in [-0.1, -0.05) is 13.8 Å². The van der Waals surface area contributed by atoms with Gasteiger partial charge in [0.05, 0.1) is 16.6 Å². The molecule has 0 heterocycles. The molecule has 2 atom stereocenters. The number of hydrogen-bond donors (Lipinski definition) is 2. The highest BCUT2D eigenvalue weighted by molar-refractivity contribution is 9.10. The molecule has 1 aromatic rings. The van der Waals surface area contributed by atoms with E-state index >= 15 is 0 Å². The fourth-order valence-corrected chi connectivity index (χ4v) is 2.07. The molecule has 1 aromatic carbocycles. The zero-order chi connectivity index (χ0) is 13.9. The van der Waals surface area contributed by atoms with Crippen molar-refractivity contribution in [3.05, 3.63) is 33.8 Å². The molecule has 0 fully saturated rings. The first-order valence-electron chi connectivity index (χ1n) is 5.91. The summed E-state index contributed by atoms with van der Waals surface area (Å²) in [7, 11) is 0. The van der Waals surface area contributed by atoms with Crippen molar-refractivity contribution < 1.29 is 13.9 Å². The normalized spacial score (nSPS) is 14.1. The molecule has 2 nitrogen and oxygen atoms in total. The predicted octanol–water partition coefficient (Wildman–Crippen LogP) is 3.95. The molecule has 0 amide bonds. The summed E-state index contributed by atoms with van der Waals surface area (Å²) in [5.74, 6) is -1.07. The van der Waals surface area contributed by atoms with E-state index in [0.29, 0.717) is 12.3 Å². The number of nitrogens with two attached hydrogens (primary N) is 1. The largest absolute Gasteiger partial charge is 0.391 e. The van der Waals surface area contributed by atoms with Crippen LogP contribution in [0.4, 0.5) is 8.78 Å². The van der Waals surface area contributed by atoms with Crippen LogP contribution in [0.2, 0.25) is 0 Å². The molecule has 0 aliphatic rings. The van der Waals surface area contributed by atoms with Crippen LogP contribution in [0.1, 0.15) is 38.3 Å². The van der Waals surface area contributed by atoms with Crippen molar-refractivity contribution in [2.24, 2.45) is 11.7 Å². The maximum absolute atomic E-state index is 13.8. The van der Waals surface area contributed by atoms with Gasteiger partial charge in [-0.3, -0.25) is 0 Å². The Morgan fingerprint density at radius 1 is 1.26 bits per heavy atom. The highest BCUT2D eigenvalue weighted by Gasteiger charge is 2.24. The monoisotopic (exact) mass is 357 g/mol. The van der Waals surface area contributed by atoms with Crippen molar-refractivity contribution in [2.45, 2.75) is 38.8 Å². The third-order valence-electron chi connectivity index (χ3n) is 2.87. The first-order chi connectivity index (χ1) is 8.34. The fraction of sp³-hybridized carbons (Fsp3) is 0.538. The second kappa shape index (κ2) is 8.15. The number of hydrogen-bond acceptors (Lipinski definition) is 2. The Balaban J connectivity index is 0.00000324. The second-order valence-corrected chi connectivity index (χ2v) is 5.68. The molecule has 0 aliphatic heterocycles. The van der Waals surface area contributed by atoms with E-state index in [1.165, 1.54) is 6.07 Å². The molecule has 6 heteroatoms. The zero-order valence-electron chi connectivity index (χ0n) is 10.9. The van der Waals surface area contributed by atoms with Gasteiger partial charge >= 0.3 is 0 Å². The van der Waals surface area contributed by atoms with E-state index < -0.39 is 23.8 Å². The summed E-state index contributed by atoms with van der Waals surface area (Å²) in [5.41, 5.74) is 5.48. The van der Waals surface area contributed by atoms with Crippen molar-refractivity contribution in [1.82, 2.24) is 0 Å². The van der Waals surface area contributed by atoms with E-state index in [2.05, 4.69) is 15.9 Å². The average Bonchev–Trinajstić information content (AvgIpc) is 2.31. The molecular weight excluding hydrogens is 340 g/mol. The molecule has 0 saturated carbocycles. The molecule has 1 rings (SSSR count). The van der Waals surface area contributed by atoms with Gasteiger partial charge in [0.15, 0.2) is 0 Å². The van der Waals surface area contributed by atoms with E-state index in [1.807, 2.05) is 13.8 Å². The van der Waals surface area contributed by atoms with Crippen molar-refractivity contribution in [1.29, 1.82) is 0 Å². The van der Waals surface area contributed by atoms with Gasteiger partial charge in [0.1, 0.15) is 11.6 Å². The summed E-state index contributed by atoms with van der Waals surface area (Å²) in [4.78, 5) is 0. The Morgan fingerprint density at radius 3 is 2.37 bits per heavy atom. The molecule has 0 unspecified atom stereocenters. The molecule has 19 heavy (non-hydrogen) atoms. The van der Waals surface area contributed by atoms with Crippen LogP contribution in [0.5, 0.6) is 0 Å². The molecule has 0 bridgehead atoms. The maximum Gasteiger partial charge on any atom is 0.145 e. The van der Waals surface area contributed by atoms with Gasteiger partial charge in [-0.2, -0.15) is 0 Å². The first-order valence-corrected chi connectivity index (χ1v) is 6.71. The zero-order valence-corrected chi connectivity index (χ0v) is 13.3. The Bertz CT molecular complexity index is 418. The second-order valence-electron chi connectivity index (χ2n) is 4.82. The van der Waals surface area contributed by atoms with Gasteiger partial charge in [0, 0.05) is 5.56 Å². The lowest BCUT2D eigenvalue weighted by Crippen LogP contribution is -2.28. The highest BCUT2D eigenvalue weighted by atomic mass is 79.9. The lowest BCUT2D eigenvalue weighted by atomic mass is 9.95. The minimum Gasteiger partial charge on any atom is -0.391 e. The molecule has 0 radical (unpaired) electrons. The van der Waals surface area contributed by atoms with Crippen molar-refractivity contribution in [3.63, 3.8) is 0 Å². The average molecular weight is 359 g/mol. The van der Waals surface area contributed by atoms with E-state index in [-0.39, 0.29) is 22.4 Å². The van der Waals surface area contributed by atoms with Crippen molar-refractivity contribution in [2.75, 3.05) is 0 Å². The highest BCUT2D eigenvalue weighted by Crippen LogP contribution is 2.28. The van der Waals surface area contributed by atoms with Crippen molar-refractivity contribution in [3.8, 4) is 0 Å². The van der Waals surface area contributed by atoms with Crippen molar-refractivity contribution >= 4 is 28.3 Å². The van der Waals surface area contributed by atoms with Crippen LogP contribution in [-0.4, -0.2) is 11.2 Å². The first kappa shape index (κ1) is 18.8. The summed E-state index contributed by atoms with van der Waals surface area (Å²) < 4.78 is 27.5. The van der Waals surface area contributed by atoms with E-state index in [0.717, 1.165) is 12.5 Å². The summed E-state index contributed by atoms with van der Waals surface area (Å²) in [6.45, 7) is 4.02. The predicted molar refractivity (Wildman–Crippen MR) is 78.3 cm³/mol. The molecular formula is C13H19BrClF2NO. The van der Waals surface area contributed by atoms with E-state index in [4.69, 9.17) is 5.73 Å². The molecule has 110 valence electrons. The third-order valence-corrected chi connectivity index (χ3v) is 3.48. The van der Waals surface area contributed by atoms with Gasteiger partial charge in [-0.25, -0.2) is 8.78 Å². The minimum absolute atomic E-state index is 0. The molecule has 0 spiro atoms. The summed E-state index contributed by atoms with van der Waals surface area (Å²) >= 11 is 2.98. The molecule has 3 N–H and O–H groups in total. The van der Waals surface area contributed by atoms with Gasteiger partial charge in [0.2, 0.25) is 0 Å². The Hall–Kier alpha value is -0.230. The maximum atomic E-state index is 13.8. The van der Waals surface area contributed by atoms with Crippen LogP contribution >= 0.6 is 28.3 Å². The number of benzene rings is 1. The summed E-state index contributed by atoms with van der Waals surface area (Å²) in [5, 5.41) is 9.89. The van der Waals surface area contributed by atoms with Crippen LogP contribution in [0, 0.1) is 17.6 Å². The van der Waals surface area contributed by atoms with Crippen LogP contribution in [0.15, 0.2) is 16.6 Å². The number of rotatable bonds is 5. The van der Waals surface area contributed by atoms with Gasteiger partial charge in [0.25, 0.3) is 0 Å². The number of aliphatic hydroxyl groups is 1. The lowest BCUT2D eigenvalue weighted by Gasteiger charge is -2.21. The summed E-state index contributed by atoms with van der Waals surface area (Å²) in [6.07, 6.45) is 0.224. The topological polar surface area (TPSA) is 46.2 Å². The number of halogens is 4. The van der Waals surface area contributed by atoms with Gasteiger partial charge in [-0.05, 0) is 46.8 Å². The van der Waals surface area contributed by atoms with Gasteiger partial charge < -0.3 is 10.8 Å². The third kappa shape index (κ3) is 4.99. The van der Waals surface area contributed by atoms with Crippen LogP contribution in [0.25, 0.3) is 0 Å². The summed E-state index contributed by atoms with van der Waals surface area (Å²) in [6, 6.07) is 1.36. The Kier molecular flexibility index (Phi) is 8.05. The minimum atomic E-state index is -1.05. The van der Waals surface area contributed by atoms with E-state index in [1.54, 1.807) is 0 Å². The fourth-order valence-electron chi connectivity index (χ4n) is 1.72. The smallest absolute Gasteiger partial charge is 0.145 e. The van der Waals surface area contributed by atoms with Crippen LogP contribution < -0.4 is 5.73 Å². The molecule has 0 aromatic heterocycles. The standard InChI is InChI=1S/C13H18BrF2NO.ClH/c1-7(2)3-6-10(18)13(17)11-9(15)5-4-8(14)12(11)16;/h4-5,7,10,13,18H,3,6,17H2,1-2H3;1H/t10-,13-;/m0./s1. The van der Waals surface area contributed by atoms with Crippen LogP contribution in [0.3, 0.4) is 0 Å². The Morgan fingerprint density at radius 2 is 1.84 bits per heavy atom. The number of aliphatic hydroxyl groups excluding tert-OH is 1. The quantitative estimate of drug-likeness (QED) is 0.783. The molecule has 0 saturated heterocycles. The molecule has 0 aliphatic carbocycles. The van der Waals surface area contributed by atoms with E-state index in [9.17, 15) is 13.9 Å². The lowest BCUT2D eigenvalue weighted by molar-refractivity contribution is 0.125. The van der Waals surface area contributed by atoms with Gasteiger partial charge in [-0.15, -0.1) is 12.4 Å².